The molecule has 0 aliphatic heterocycles. The van der Waals surface area contributed by atoms with Crippen molar-refractivity contribution in [1.82, 2.24) is 24.7 Å². The predicted octanol–water partition coefficient (Wildman–Crippen LogP) is 0.839. The number of hydrogen-bond donors (Lipinski definition) is 1. The summed E-state index contributed by atoms with van der Waals surface area (Å²) in [7, 11) is 1.81. The molecule has 8 heteroatoms. The monoisotopic (exact) mass is 265 g/mol. The lowest BCUT2D eigenvalue weighted by Crippen LogP contribution is -1.99. The molecule has 2 rings (SSSR count). The summed E-state index contributed by atoms with van der Waals surface area (Å²) in [5.74, 6) is 0.252. The van der Waals surface area contributed by atoms with Crippen molar-refractivity contribution >= 4 is 17.7 Å². The molecule has 1 N–H and O–H groups in total. The Kier molecular flexibility index (Phi) is 3.88. The Morgan fingerprint density at radius 1 is 1.44 bits per heavy atom. The molecule has 0 saturated heterocycles. The van der Waals surface area contributed by atoms with E-state index in [0.717, 1.165) is 0 Å². The molecule has 18 heavy (non-hydrogen) atoms. The first kappa shape index (κ1) is 12.5. The van der Waals surface area contributed by atoms with Crippen LogP contribution in [0, 0.1) is 0 Å². The van der Waals surface area contributed by atoms with E-state index in [1.165, 1.54) is 11.8 Å². The lowest BCUT2D eigenvalue weighted by molar-refractivity contribution is -0.136. The zero-order valence-electron chi connectivity index (χ0n) is 9.65. The van der Waals surface area contributed by atoms with E-state index >= 15 is 0 Å². The van der Waals surface area contributed by atoms with Gasteiger partial charge >= 0.3 is 5.97 Å². The Labute approximate surface area is 107 Å². The van der Waals surface area contributed by atoms with Gasteiger partial charge < -0.3 is 9.67 Å². The molecule has 0 aliphatic rings. The number of carboxylic acid groups (broad SMARTS) is 1. The van der Waals surface area contributed by atoms with Crippen LogP contribution in [0.15, 0.2) is 23.7 Å². The summed E-state index contributed by atoms with van der Waals surface area (Å²) in [6.45, 7) is 0. The van der Waals surface area contributed by atoms with E-state index in [2.05, 4.69) is 20.2 Å². The molecule has 7 nitrogen and oxygen atoms in total. The smallest absolute Gasteiger partial charge is 0.304 e. The van der Waals surface area contributed by atoms with Crippen LogP contribution in [0.4, 0.5) is 0 Å². The third-order valence-electron chi connectivity index (χ3n) is 2.17. The van der Waals surface area contributed by atoms with Crippen molar-refractivity contribution in [2.75, 3.05) is 5.75 Å². The fourth-order valence-electron chi connectivity index (χ4n) is 1.31. The zero-order chi connectivity index (χ0) is 13.0. The number of hydrogen-bond acceptors (Lipinski definition) is 6. The van der Waals surface area contributed by atoms with Gasteiger partial charge in [-0.2, -0.15) is 0 Å². The van der Waals surface area contributed by atoms with E-state index in [-0.39, 0.29) is 6.42 Å². The van der Waals surface area contributed by atoms with Gasteiger partial charge in [-0.3, -0.25) is 9.78 Å². The van der Waals surface area contributed by atoms with Crippen LogP contribution in [0.3, 0.4) is 0 Å². The fraction of sp³-hybridized carbons (Fsp3) is 0.300. The topological polar surface area (TPSA) is 93.8 Å². The minimum absolute atomic E-state index is 0.0952. The summed E-state index contributed by atoms with van der Waals surface area (Å²) in [6.07, 6.45) is 4.87. The van der Waals surface area contributed by atoms with Gasteiger partial charge in [0.05, 0.1) is 12.6 Å². The van der Waals surface area contributed by atoms with Crippen LogP contribution in [-0.2, 0) is 11.8 Å². The third-order valence-corrected chi connectivity index (χ3v) is 3.20. The normalized spacial score (nSPS) is 10.5. The standard InChI is InChI=1S/C10H11N5O2S/c1-15-9(7-6-11-3-4-12-7)13-14-10(15)18-5-2-8(16)17/h3-4,6H,2,5H2,1H3,(H,16,17). The molecule has 0 atom stereocenters. The molecule has 2 aromatic heterocycles. The quantitative estimate of drug-likeness (QED) is 0.800. The van der Waals surface area contributed by atoms with E-state index < -0.39 is 5.97 Å². The molecule has 2 heterocycles. The van der Waals surface area contributed by atoms with Gasteiger partial charge in [-0.1, -0.05) is 11.8 Å². The molecule has 0 saturated carbocycles. The Bertz CT molecular complexity index is 542. The number of carbonyl (C=O) groups is 1. The van der Waals surface area contributed by atoms with Crippen molar-refractivity contribution in [2.24, 2.45) is 7.05 Å². The highest BCUT2D eigenvalue weighted by Crippen LogP contribution is 2.20. The molecule has 94 valence electrons. The first-order chi connectivity index (χ1) is 8.68. The molecular weight excluding hydrogens is 254 g/mol. The van der Waals surface area contributed by atoms with Gasteiger partial charge in [0.15, 0.2) is 11.0 Å². The fourth-order valence-corrected chi connectivity index (χ4v) is 2.15. The summed E-state index contributed by atoms with van der Waals surface area (Å²) in [5.41, 5.74) is 0.637. The first-order valence-electron chi connectivity index (χ1n) is 5.19. The summed E-state index contributed by atoms with van der Waals surface area (Å²) < 4.78 is 1.77. The van der Waals surface area contributed by atoms with Crippen LogP contribution < -0.4 is 0 Å². The van der Waals surface area contributed by atoms with Crippen LogP contribution in [0.1, 0.15) is 6.42 Å². The van der Waals surface area contributed by atoms with E-state index in [0.29, 0.717) is 22.4 Å². The minimum Gasteiger partial charge on any atom is -0.481 e. The summed E-state index contributed by atoms with van der Waals surface area (Å²) >= 11 is 1.35. The van der Waals surface area contributed by atoms with Gasteiger partial charge in [-0.15, -0.1) is 10.2 Å². The number of thioether (sulfide) groups is 1. The lowest BCUT2D eigenvalue weighted by atomic mass is 10.4. The third kappa shape index (κ3) is 2.83. The number of rotatable bonds is 5. The van der Waals surface area contributed by atoms with Crippen molar-refractivity contribution in [2.45, 2.75) is 11.6 Å². The van der Waals surface area contributed by atoms with E-state index in [1.807, 2.05) is 7.05 Å². The predicted molar refractivity (Wildman–Crippen MR) is 65.0 cm³/mol. The Morgan fingerprint density at radius 2 is 2.28 bits per heavy atom. The second kappa shape index (κ2) is 5.58. The SMILES string of the molecule is Cn1c(SCCC(=O)O)nnc1-c1cnccn1. The minimum atomic E-state index is -0.821. The molecule has 0 bridgehead atoms. The molecule has 0 radical (unpaired) electrons. The highest BCUT2D eigenvalue weighted by molar-refractivity contribution is 7.99. The van der Waals surface area contributed by atoms with Crippen molar-refractivity contribution in [3.05, 3.63) is 18.6 Å². The number of nitrogens with zero attached hydrogens (tertiary/aromatic N) is 5. The van der Waals surface area contributed by atoms with Crippen molar-refractivity contribution in [3.8, 4) is 11.5 Å². The highest BCUT2D eigenvalue weighted by Gasteiger charge is 2.12. The maximum absolute atomic E-state index is 10.4. The van der Waals surface area contributed by atoms with Gasteiger partial charge in [0, 0.05) is 25.2 Å². The van der Waals surface area contributed by atoms with Gasteiger partial charge in [-0.25, -0.2) is 4.98 Å². The molecule has 0 fully saturated rings. The molecule has 2 aromatic rings. The summed E-state index contributed by atoms with van der Waals surface area (Å²) in [5, 5.41) is 17.3. The van der Waals surface area contributed by atoms with Crippen LogP contribution >= 0.6 is 11.8 Å². The Balaban J connectivity index is 2.12. The number of carboxylic acids is 1. The van der Waals surface area contributed by atoms with Crippen LogP contribution in [0.2, 0.25) is 0 Å². The van der Waals surface area contributed by atoms with Crippen molar-refractivity contribution < 1.29 is 9.90 Å². The Hall–Kier alpha value is -1.96. The molecule has 0 spiro atoms. The van der Waals surface area contributed by atoms with Gasteiger partial charge in [0.25, 0.3) is 0 Å². The average Bonchev–Trinajstić information content (AvgIpc) is 2.72. The van der Waals surface area contributed by atoms with E-state index in [4.69, 9.17) is 5.11 Å². The Morgan fingerprint density at radius 3 is 2.94 bits per heavy atom. The lowest BCUT2D eigenvalue weighted by Gasteiger charge is -2.01. The summed E-state index contributed by atoms with van der Waals surface area (Å²) in [6, 6.07) is 0. The first-order valence-corrected chi connectivity index (χ1v) is 6.17. The highest BCUT2D eigenvalue weighted by atomic mass is 32.2. The second-order valence-electron chi connectivity index (χ2n) is 3.45. The molecule has 0 aliphatic carbocycles. The molecule has 0 aromatic carbocycles. The van der Waals surface area contributed by atoms with Crippen molar-refractivity contribution in [3.63, 3.8) is 0 Å². The van der Waals surface area contributed by atoms with E-state index in [1.54, 1.807) is 23.2 Å². The second-order valence-corrected chi connectivity index (χ2v) is 4.51. The number of aromatic nitrogens is 5. The van der Waals surface area contributed by atoms with Crippen molar-refractivity contribution in [1.29, 1.82) is 0 Å². The zero-order valence-corrected chi connectivity index (χ0v) is 10.5. The van der Waals surface area contributed by atoms with Gasteiger partial charge in [-0.05, 0) is 0 Å². The van der Waals surface area contributed by atoms with Gasteiger partial charge in [0.1, 0.15) is 5.69 Å². The van der Waals surface area contributed by atoms with E-state index in [9.17, 15) is 4.79 Å². The van der Waals surface area contributed by atoms with Crippen LogP contribution in [-0.4, -0.2) is 41.6 Å². The average molecular weight is 265 g/mol. The maximum atomic E-state index is 10.4. The number of aliphatic carboxylic acids is 1. The van der Waals surface area contributed by atoms with Gasteiger partial charge in [0.2, 0.25) is 0 Å². The summed E-state index contributed by atoms with van der Waals surface area (Å²) in [4.78, 5) is 18.5. The molecule has 0 amide bonds. The maximum Gasteiger partial charge on any atom is 0.304 e. The van der Waals surface area contributed by atoms with Crippen LogP contribution in [0.25, 0.3) is 11.5 Å². The molecule has 0 unspecified atom stereocenters. The van der Waals surface area contributed by atoms with Crippen LogP contribution in [0.5, 0.6) is 0 Å². The molecular formula is C10H11N5O2S. The largest absolute Gasteiger partial charge is 0.481 e.